The number of carbonyl (C=O) groups excluding carboxylic acids is 1. The molecule has 0 radical (unpaired) electrons. The van der Waals surface area contributed by atoms with Crippen LogP contribution in [0.1, 0.15) is 21.9 Å². The second kappa shape index (κ2) is 7.43. The van der Waals surface area contributed by atoms with Crippen molar-refractivity contribution in [3.63, 3.8) is 0 Å². The van der Waals surface area contributed by atoms with Gasteiger partial charge in [-0.05, 0) is 19.1 Å². The van der Waals surface area contributed by atoms with Crippen molar-refractivity contribution in [3.05, 3.63) is 51.8 Å². The minimum atomic E-state index is -0.431. The average molecular weight is 343 g/mol. The Hall–Kier alpha value is -2.74. The van der Waals surface area contributed by atoms with Crippen LogP contribution in [0.15, 0.2) is 29.2 Å². The Morgan fingerprint density at radius 1 is 1.32 bits per heavy atom. The number of ether oxygens (including phenoxy) is 1. The Kier molecular flexibility index (Phi) is 5.08. The number of aromatic nitrogens is 3. The molecule has 0 aliphatic carbocycles. The highest BCUT2D eigenvalue weighted by atomic mass is 16.5. The highest BCUT2D eigenvalue weighted by Crippen LogP contribution is 2.14. The fourth-order valence-electron chi connectivity index (χ4n) is 2.67. The zero-order valence-corrected chi connectivity index (χ0v) is 14.4. The summed E-state index contributed by atoms with van der Waals surface area (Å²) in [5.41, 5.74) is 0.599. The van der Waals surface area contributed by atoms with Crippen molar-refractivity contribution in [2.24, 2.45) is 7.05 Å². The molecule has 0 saturated carbocycles. The average Bonchev–Trinajstić information content (AvgIpc) is 2.62. The van der Waals surface area contributed by atoms with E-state index >= 15 is 0 Å². The highest BCUT2D eigenvalue weighted by Gasteiger charge is 2.15. The zero-order valence-electron chi connectivity index (χ0n) is 14.4. The number of nitrogens with zero attached hydrogens (tertiary/aromatic N) is 4. The summed E-state index contributed by atoms with van der Waals surface area (Å²) < 4.78 is 6.73. The van der Waals surface area contributed by atoms with Gasteiger partial charge in [-0.2, -0.15) is 0 Å². The van der Waals surface area contributed by atoms with Crippen LogP contribution in [0.5, 0.6) is 0 Å². The van der Waals surface area contributed by atoms with Crippen LogP contribution in [-0.2, 0) is 18.3 Å². The van der Waals surface area contributed by atoms with E-state index in [1.54, 1.807) is 19.3 Å². The predicted molar refractivity (Wildman–Crippen MR) is 92.7 cm³/mol. The molecule has 3 heterocycles. The monoisotopic (exact) mass is 343 g/mol. The smallest absolute Gasteiger partial charge is 0.263 e. The second-order valence-electron chi connectivity index (χ2n) is 5.90. The molecular weight excluding hydrogens is 322 g/mol. The molecule has 1 saturated heterocycles. The molecule has 1 amide bonds. The molecule has 1 N–H and O–H groups in total. The van der Waals surface area contributed by atoms with Crippen molar-refractivity contribution in [3.8, 4) is 0 Å². The van der Waals surface area contributed by atoms with Gasteiger partial charge < -0.3 is 19.5 Å². The van der Waals surface area contributed by atoms with Gasteiger partial charge in [-0.15, -0.1) is 0 Å². The predicted octanol–water partition coefficient (Wildman–Crippen LogP) is 0.250. The SMILES string of the molecule is Cc1cc(N2CCOCC2)nc(CNC(=O)c2cccn(C)c2=O)n1. The van der Waals surface area contributed by atoms with Crippen molar-refractivity contribution >= 4 is 11.7 Å². The molecule has 0 atom stereocenters. The van der Waals surface area contributed by atoms with Crippen LogP contribution in [0.2, 0.25) is 0 Å². The number of amides is 1. The molecular formula is C17H21N5O3. The summed E-state index contributed by atoms with van der Waals surface area (Å²) in [6, 6.07) is 5.09. The lowest BCUT2D eigenvalue weighted by Gasteiger charge is -2.28. The van der Waals surface area contributed by atoms with Crippen molar-refractivity contribution in [2.45, 2.75) is 13.5 Å². The molecule has 2 aromatic rings. The number of rotatable bonds is 4. The Balaban J connectivity index is 1.72. The van der Waals surface area contributed by atoms with Gasteiger partial charge in [0.05, 0.1) is 19.8 Å². The molecule has 0 spiro atoms. The minimum Gasteiger partial charge on any atom is -0.378 e. The number of anilines is 1. The van der Waals surface area contributed by atoms with Crippen molar-refractivity contribution < 1.29 is 9.53 Å². The lowest BCUT2D eigenvalue weighted by molar-refractivity contribution is 0.0948. The Bertz CT molecular complexity index is 827. The van der Waals surface area contributed by atoms with E-state index in [0.29, 0.717) is 19.0 Å². The summed E-state index contributed by atoms with van der Waals surface area (Å²) in [5.74, 6) is 0.914. The van der Waals surface area contributed by atoms with Crippen molar-refractivity contribution in [1.82, 2.24) is 19.9 Å². The van der Waals surface area contributed by atoms with Crippen LogP contribution in [0.4, 0.5) is 5.82 Å². The van der Waals surface area contributed by atoms with Gasteiger partial charge in [-0.3, -0.25) is 9.59 Å². The van der Waals surface area contributed by atoms with E-state index in [2.05, 4.69) is 20.2 Å². The molecule has 25 heavy (non-hydrogen) atoms. The molecule has 0 unspecified atom stereocenters. The zero-order chi connectivity index (χ0) is 17.8. The second-order valence-corrected chi connectivity index (χ2v) is 5.90. The number of pyridine rings is 1. The van der Waals surface area contributed by atoms with Crippen LogP contribution < -0.4 is 15.8 Å². The van der Waals surface area contributed by atoms with Gasteiger partial charge in [0.15, 0.2) is 0 Å². The van der Waals surface area contributed by atoms with E-state index < -0.39 is 5.91 Å². The van der Waals surface area contributed by atoms with Gasteiger partial charge in [0, 0.05) is 38.1 Å². The van der Waals surface area contributed by atoms with E-state index in [4.69, 9.17) is 4.74 Å². The summed E-state index contributed by atoms with van der Waals surface area (Å²) >= 11 is 0. The van der Waals surface area contributed by atoms with Gasteiger partial charge >= 0.3 is 0 Å². The maximum Gasteiger partial charge on any atom is 0.263 e. The largest absolute Gasteiger partial charge is 0.378 e. The maximum absolute atomic E-state index is 12.3. The molecule has 0 bridgehead atoms. The van der Waals surface area contributed by atoms with Crippen LogP contribution in [-0.4, -0.2) is 46.7 Å². The number of hydrogen-bond acceptors (Lipinski definition) is 6. The lowest BCUT2D eigenvalue weighted by atomic mass is 10.2. The lowest BCUT2D eigenvalue weighted by Crippen LogP contribution is -2.37. The summed E-state index contributed by atoms with van der Waals surface area (Å²) in [4.78, 5) is 35.3. The first kappa shape index (κ1) is 17.1. The van der Waals surface area contributed by atoms with E-state index in [1.807, 2.05) is 13.0 Å². The van der Waals surface area contributed by atoms with Gasteiger partial charge in [0.25, 0.3) is 11.5 Å². The van der Waals surface area contributed by atoms with Crippen molar-refractivity contribution in [1.29, 1.82) is 0 Å². The van der Waals surface area contributed by atoms with Crippen LogP contribution in [0, 0.1) is 6.92 Å². The van der Waals surface area contributed by atoms with E-state index in [9.17, 15) is 9.59 Å². The third-order valence-corrected chi connectivity index (χ3v) is 4.00. The number of nitrogens with one attached hydrogen (secondary N) is 1. The highest BCUT2D eigenvalue weighted by molar-refractivity contribution is 5.93. The van der Waals surface area contributed by atoms with Crippen LogP contribution in [0.3, 0.4) is 0 Å². The molecule has 1 aliphatic rings. The number of hydrogen-bond donors (Lipinski definition) is 1. The van der Waals surface area contributed by atoms with Gasteiger partial charge in [-0.1, -0.05) is 0 Å². The normalized spacial score (nSPS) is 14.4. The number of aryl methyl sites for hydroxylation is 2. The molecule has 0 aromatic carbocycles. The Morgan fingerprint density at radius 3 is 2.84 bits per heavy atom. The molecule has 132 valence electrons. The van der Waals surface area contributed by atoms with Crippen LogP contribution in [0.25, 0.3) is 0 Å². The fraction of sp³-hybridized carbons (Fsp3) is 0.412. The first-order valence-electron chi connectivity index (χ1n) is 8.15. The summed E-state index contributed by atoms with van der Waals surface area (Å²) in [6.45, 7) is 4.96. The standard InChI is InChI=1S/C17H21N5O3/c1-12-10-15(22-6-8-25-9-7-22)20-14(19-12)11-18-16(23)13-4-3-5-21(2)17(13)24/h3-5,10H,6-9,11H2,1-2H3,(H,18,23). The summed E-state index contributed by atoms with van der Waals surface area (Å²) in [5, 5.41) is 2.72. The quantitative estimate of drug-likeness (QED) is 0.856. The van der Waals surface area contributed by atoms with Gasteiger partial charge in [0.1, 0.15) is 17.2 Å². The molecule has 3 rings (SSSR count). The van der Waals surface area contributed by atoms with Crippen LogP contribution >= 0.6 is 0 Å². The molecule has 1 aliphatic heterocycles. The molecule has 8 heteroatoms. The Morgan fingerprint density at radius 2 is 2.08 bits per heavy atom. The number of carbonyl (C=O) groups is 1. The van der Waals surface area contributed by atoms with E-state index in [1.165, 1.54) is 10.6 Å². The third-order valence-electron chi connectivity index (χ3n) is 4.00. The molecule has 1 fully saturated rings. The van der Waals surface area contributed by atoms with Gasteiger partial charge in [-0.25, -0.2) is 9.97 Å². The topological polar surface area (TPSA) is 89.4 Å². The molecule has 8 nitrogen and oxygen atoms in total. The van der Waals surface area contributed by atoms with Crippen molar-refractivity contribution in [2.75, 3.05) is 31.2 Å². The third kappa shape index (κ3) is 4.03. The first-order valence-corrected chi connectivity index (χ1v) is 8.15. The Labute approximate surface area is 145 Å². The molecule has 2 aromatic heterocycles. The minimum absolute atomic E-state index is 0.103. The van der Waals surface area contributed by atoms with Gasteiger partial charge in [0.2, 0.25) is 0 Å². The van der Waals surface area contributed by atoms with E-state index in [0.717, 1.165) is 24.6 Å². The maximum atomic E-state index is 12.3. The number of morpholine rings is 1. The fourth-order valence-corrected chi connectivity index (χ4v) is 2.67. The summed E-state index contributed by atoms with van der Waals surface area (Å²) in [7, 11) is 1.61. The summed E-state index contributed by atoms with van der Waals surface area (Å²) in [6.07, 6.45) is 1.61. The first-order chi connectivity index (χ1) is 12.0. The van der Waals surface area contributed by atoms with E-state index in [-0.39, 0.29) is 17.7 Å².